The average Bonchev–Trinajstić information content (AvgIpc) is 2.82. The number of rotatable bonds is 6. The highest BCUT2D eigenvalue weighted by Gasteiger charge is 2.32. The Kier molecular flexibility index (Phi) is 7.51. The summed E-state index contributed by atoms with van der Waals surface area (Å²) in [6, 6.07) is 14.4. The minimum absolute atomic E-state index is 0.0872. The third-order valence-electron chi connectivity index (χ3n) is 6.18. The minimum Gasteiger partial charge on any atom is -0.330 e. The molecule has 3 aromatic carbocycles. The molecule has 0 saturated heterocycles. The molecule has 1 aliphatic carbocycles. The quantitative estimate of drug-likeness (QED) is 0.504. The number of nitrogens with two attached hydrogens (primary N) is 1. The molecule has 2 atom stereocenters. The lowest BCUT2D eigenvalue weighted by Gasteiger charge is -2.38. The lowest BCUT2D eigenvalue weighted by molar-refractivity contribution is 0.0582. The summed E-state index contributed by atoms with van der Waals surface area (Å²) in [5.41, 5.74) is 7.60. The fourth-order valence-corrected chi connectivity index (χ4v) is 4.49. The molecule has 1 saturated carbocycles. The van der Waals surface area contributed by atoms with Crippen LogP contribution in [0.4, 0.5) is 18.9 Å². The van der Waals surface area contributed by atoms with Gasteiger partial charge in [0.25, 0.3) is 11.8 Å². The molecule has 0 aromatic heterocycles. The van der Waals surface area contributed by atoms with Crippen LogP contribution in [-0.2, 0) is 6.54 Å². The number of amides is 2. The maximum absolute atomic E-state index is 13.8. The summed E-state index contributed by atoms with van der Waals surface area (Å²) in [4.78, 5) is 27.5. The van der Waals surface area contributed by atoms with E-state index in [1.165, 1.54) is 18.2 Å². The monoisotopic (exact) mass is 481 g/mol. The van der Waals surface area contributed by atoms with Crippen molar-refractivity contribution in [3.8, 4) is 0 Å². The number of carbonyl (C=O) groups excluding carboxylic acids is 2. The Balaban J connectivity index is 1.59. The van der Waals surface area contributed by atoms with Crippen LogP contribution in [0.1, 0.15) is 52.0 Å². The van der Waals surface area contributed by atoms with Crippen molar-refractivity contribution in [2.45, 2.75) is 44.3 Å². The summed E-state index contributed by atoms with van der Waals surface area (Å²) in [5.74, 6) is -3.16. The van der Waals surface area contributed by atoms with E-state index in [0.29, 0.717) is 17.7 Å². The summed E-state index contributed by atoms with van der Waals surface area (Å²) >= 11 is 0. The van der Waals surface area contributed by atoms with E-state index in [2.05, 4.69) is 5.32 Å². The van der Waals surface area contributed by atoms with Gasteiger partial charge in [0.05, 0.1) is 0 Å². The van der Waals surface area contributed by atoms with Gasteiger partial charge in [-0.3, -0.25) is 9.59 Å². The fourth-order valence-electron chi connectivity index (χ4n) is 4.49. The molecule has 0 heterocycles. The molecule has 1 fully saturated rings. The highest BCUT2D eigenvalue weighted by molar-refractivity contribution is 6.04. The smallest absolute Gasteiger partial charge is 0.255 e. The Labute approximate surface area is 201 Å². The van der Waals surface area contributed by atoms with Gasteiger partial charge in [-0.25, -0.2) is 13.2 Å². The standard InChI is InChI=1S/C27H26F3N3O2/c28-20-7-4-6-18(12-20)26(34)32-23-8-3-5-17(11-23)16-33(25-10-2-1-9-24(25)31)27(35)19-13-21(29)15-22(30)14-19/h3-8,11-15,24-25H,1-2,9-10,16,31H2,(H,32,34). The maximum Gasteiger partial charge on any atom is 0.255 e. The van der Waals surface area contributed by atoms with Crippen LogP contribution >= 0.6 is 0 Å². The molecule has 182 valence electrons. The van der Waals surface area contributed by atoms with Gasteiger partial charge >= 0.3 is 0 Å². The predicted molar refractivity (Wildman–Crippen MR) is 127 cm³/mol. The zero-order chi connectivity index (χ0) is 24.9. The molecular formula is C27H26F3N3O2. The van der Waals surface area contributed by atoms with Crippen molar-refractivity contribution in [2.75, 3.05) is 5.32 Å². The van der Waals surface area contributed by atoms with E-state index in [4.69, 9.17) is 5.73 Å². The van der Waals surface area contributed by atoms with Crippen LogP contribution in [0.3, 0.4) is 0 Å². The lowest BCUT2D eigenvalue weighted by Crippen LogP contribution is -2.51. The summed E-state index contributed by atoms with van der Waals surface area (Å²) in [7, 11) is 0. The Hall–Kier alpha value is -3.65. The van der Waals surface area contributed by atoms with Crippen LogP contribution in [0, 0.1) is 17.5 Å². The number of nitrogens with one attached hydrogen (secondary N) is 1. The van der Waals surface area contributed by atoms with Crippen molar-refractivity contribution in [2.24, 2.45) is 5.73 Å². The molecule has 3 N–H and O–H groups in total. The van der Waals surface area contributed by atoms with Gasteiger partial charge in [-0.1, -0.05) is 31.0 Å². The largest absolute Gasteiger partial charge is 0.330 e. The number of halogens is 3. The Morgan fingerprint density at radius 1 is 0.857 bits per heavy atom. The molecule has 3 aromatic rings. The maximum atomic E-state index is 13.8. The van der Waals surface area contributed by atoms with Crippen molar-refractivity contribution >= 4 is 17.5 Å². The van der Waals surface area contributed by atoms with Crippen LogP contribution in [0.25, 0.3) is 0 Å². The first kappa shape index (κ1) is 24.5. The first-order valence-electron chi connectivity index (χ1n) is 11.5. The second-order valence-corrected chi connectivity index (χ2v) is 8.77. The Morgan fingerprint density at radius 2 is 1.54 bits per heavy atom. The number of anilines is 1. The third-order valence-corrected chi connectivity index (χ3v) is 6.18. The lowest BCUT2D eigenvalue weighted by atomic mass is 9.89. The van der Waals surface area contributed by atoms with Crippen molar-refractivity contribution in [3.63, 3.8) is 0 Å². The van der Waals surface area contributed by atoms with Gasteiger partial charge in [0.2, 0.25) is 0 Å². The van der Waals surface area contributed by atoms with Gasteiger partial charge in [0.15, 0.2) is 0 Å². The van der Waals surface area contributed by atoms with Gasteiger partial charge in [-0.05, 0) is 60.9 Å². The molecular weight excluding hydrogens is 455 g/mol. The van der Waals surface area contributed by atoms with Gasteiger partial charge in [0, 0.05) is 41.5 Å². The molecule has 0 spiro atoms. The summed E-state index contributed by atoms with van der Waals surface area (Å²) in [5, 5.41) is 2.73. The van der Waals surface area contributed by atoms with E-state index in [-0.39, 0.29) is 29.8 Å². The number of carbonyl (C=O) groups is 2. The predicted octanol–water partition coefficient (Wildman–Crippen LogP) is 5.27. The molecule has 35 heavy (non-hydrogen) atoms. The SMILES string of the molecule is NC1CCCCC1N(Cc1cccc(NC(=O)c2cccc(F)c2)c1)C(=O)c1cc(F)cc(F)c1. The average molecular weight is 482 g/mol. The number of benzene rings is 3. The van der Waals surface area contributed by atoms with Crippen LogP contribution in [0.2, 0.25) is 0 Å². The first-order chi connectivity index (χ1) is 16.8. The summed E-state index contributed by atoms with van der Waals surface area (Å²) in [6.07, 6.45) is 3.27. The van der Waals surface area contributed by atoms with Crippen LogP contribution < -0.4 is 11.1 Å². The minimum atomic E-state index is -0.830. The van der Waals surface area contributed by atoms with Gasteiger partial charge in [0.1, 0.15) is 17.5 Å². The Morgan fingerprint density at radius 3 is 2.26 bits per heavy atom. The van der Waals surface area contributed by atoms with Gasteiger partial charge in [-0.15, -0.1) is 0 Å². The van der Waals surface area contributed by atoms with Crippen molar-refractivity contribution in [1.82, 2.24) is 4.90 Å². The van der Waals surface area contributed by atoms with Crippen molar-refractivity contribution in [1.29, 1.82) is 0 Å². The highest BCUT2D eigenvalue weighted by atomic mass is 19.1. The molecule has 0 aliphatic heterocycles. The third kappa shape index (κ3) is 6.08. The topological polar surface area (TPSA) is 75.4 Å². The van der Waals surface area contributed by atoms with Crippen LogP contribution in [0.5, 0.6) is 0 Å². The second kappa shape index (κ2) is 10.7. The number of hydrogen-bond acceptors (Lipinski definition) is 3. The van der Waals surface area contributed by atoms with E-state index in [9.17, 15) is 22.8 Å². The molecule has 4 rings (SSSR count). The van der Waals surface area contributed by atoms with E-state index in [1.54, 1.807) is 29.2 Å². The molecule has 1 aliphatic rings. The van der Waals surface area contributed by atoms with Gasteiger partial charge < -0.3 is 16.0 Å². The molecule has 0 radical (unpaired) electrons. The molecule has 5 nitrogen and oxygen atoms in total. The fraction of sp³-hybridized carbons (Fsp3) is 0.259. The van der Waals surface area contributed by atoms with Crippen molar-refractivity contribution in [3.05, 3.63) is 101 Å². The van der Waals surface area contributed by atoms with E-state index < -0.39 is 29.3 Å². The van der Waals surface area contributed by atoms with E-state index in [1.807, 2.05) is 0 Å². The Bertz CT molecular complexity index is 1210. The van der Waals surface area contributed by atoms with Crippen LogP contribution in [-0.4, -0.2) is 28.8 Å². The second-order valence-electron chi connectivity index (χ2n) is 8.77. The number of hydrogen-bond donors (Lipinski definition) is 2. The highest BCUT2D eigenvalue weighted by Crippen LogP contribution is 2.26. The molecule has 2 amide bonds. The van der Waals surface area contributed by atoms with Gasteiger partial charge in [-0.2, -0.15) is 0 Å². The summed E-state index contributed by atoms with van der Waals surface area (Å²) < 4.78 is 41.1. The molecule has 8 heteroatoms. The normalized spacial score (nSPS) is 17.6. The molecule has 2 unspecified atom stereocenters. The van der Waals surface area contributed by atoms with E-state index >= 15 is 0 Å². The number of nitrogens with zero attached hydrogens (tertiary/aromatic N) is 1. The first-order valence-corrected chi connectivity index (χ1v) is 11.5. The zero-order valence-corrected chi connectivity index (χ0v) is 19.0. The molecule has 0 bridgehead atoms. The van der Waals surface area contributed by atoms with E-state index in [0.717, 1.165) is 43.5 Å². The van der Waals surface area contributed by atoms with Crippen LogP contribution in [0.15, 0.2) is 66.7 Å². The zero-order valence-electron chi connectivity index (χ0n) is 19.0. The summed E-state index contributed by atoms with van der Waals surface area (Å²) in [6.45, 7) is 0.138. The van der Waals surface area contributed by atoms with Crippen molar-refractivity contribution < 1.29 is 22.8 Å².